The standard InChI is InChI=1S/C15H13BrCl3N/c1-8-4-3-5-12(13(8)16)20-9(2)10-6-7-11(17)15(19)14(10)18/h3-7,9,20H,1-2H3. The van der Waals surface area contributed by atoms with E-state index < -0.39 is 0 Å². The predicted molar refractivity (Wildman–Crippen MR) is 92.4 cm³/mol. The number of aryl methyl sites for hydroxylation is 1. The van der Waals surface area contributed by atoms with Crippen LogP contribution in [0.5, 0.6) is 0 Å². The number of anilines is 1. The van der Waals surface area contributed by atoms with Gasteiger partial charge in [0.15, 0.2) is 0 Å². The van der Waals surface area contributed by atoms with Crippen LogP contribution in [-0.4, -0.2) is 0 Å². The minimum atomic E-state index is 0.00960. The van der Waals surface area contributed by atoms with Gasteiger partial charge in [0.1, 0.15) is 0 Å². The van der Waals surface area contributed by atoms with Crippen molar-refractivity contribution in [1.29, 1.82) is 0 Å². The highest BCUT2D eigenvalue weighted by Crippen LogP contribution is 2.37. The molecule has 0 fully saturated rings. The van der Waals surface area contributed by atoms with E-state index in [1.165, 1.54) is 5.56 Å². The second-order valence-corrected chi connectivity index (χ2v) is 6.52. The molecule has 2 aromatic carbocycles. The fourth-order valence-electron chi connectivity index (χ4n) is 1.95. The normalized spacial score (nSPS) is 12.3. The summed E-state index contributed by atoms with van der Waals surface area (Å²) in [5.41, 5.74) is 3.09. The molecule has 106 valence electrons. The van der Waals surface area contributed by atoms with E-state index in [2.05, 4.69) is 21.2 Å². The first kappa shape index (κ1) is 16.0. The minimum absolute atomic E-state index is 0.00960. The Balaban J connectivity index is 2.31. The third-order valence-corrected chi connectivity index (χ3v) is 5.46. The number of nitrogens with one attached hydrogen (secondary N) is 1. The molecule has 0 aromatic heterocycles. The van der Waals surface area contributed by atoms with Gasteiger partial charge in [0.2, 0.25) is 0 Å². The van der Waals surface area contributed by atoms with E-state index >= 15 is 0 Å². The second-order valence-electron chi connectivity index (χ2n) is 4.57. The summed E-state index contributed by atoms with van der Waals surface area (Å²) >= 11 is 21.9. The van der Waals surface area contributed by atoms with Gasteiger partial charge in [-0.25, -0.2) is 0 Å². The molecule has 0 aliphatic carbocycles. The molecule has 1 nitrogen and oxygen atoms in total. The van der Waals surface area contributed by atoms with E-state index in [-0.39, 0.29) is 6.04 Å². The van der Waals surface area contributed by atoms with Gasteiger partial charge in [0.25, 0.3) is 0 Å². The summed E-state index contributed by atoms with van der Waals surface area (Å²) in [4.78, 5) is 0. The van der Waals surface area contributed by atoms with Crippen molar-refractivity contribution in [3.8, 4) is 0 Å². The maximum atomic E-state index is 6.26. The zero-order valence-corrected chi connectivity index (χ0v) is 14.8. The Labute approximate surface area is 142 Å². The van der Waals surface area contributed by atoms with E-state index in [4.69, 9.17) is 34.8 Å². The molecule has 0 bridgehead atoms. The SMILES string of the molecule is Cc1cccc(NC(C)c2ccc(Cl)c(Cl)c2Cl)c1Br. The number of hydrogen-bond donors (Lipinski definition) is 1. The average molecular weight is 394 g/mol. The quantitative estimate of drug-likeness (QED) is 0.560. The largest absolute Gasteiger partial charge is 0.378 e. The smallest absolute Gasteiger partial charge is 0.0782 e. The summed E-state index contributed by atoms with van der Waals surface area (Å²) in [5, 5.41) is 4.76. The van der Waals surface area contributed by atoms with Crippen molar-refractivity contribution in [3.05, 3.63) is 61.0 Å². The Morgan fingerprint density at radius 2 is 1.75 bits per heavy atom. The van der Waals surface area contributed by atoms with Gasteiger partial charge in [-0.05, 0) is 53.0 Å². The first-order chi connectivity index (χ1) is 9.41. The topological polar surface area (TPSA) is 12.0 Å². The van der Waals surface area contributed by atoms with Gasteiger partial charge in [-0.3, -0.25) is 0 Å². The van der Waals surface area contributed by atoms with Crippen LogP contribution in [0.4, 0.5) is 5.69 Å². The molecular formula is C15H13BrCl3N. The zero-order chi connectivity index (χ0) is 14.9. The predicted octanol–water partition coefficient (Wildman–Crippen LogP) is 6.89. The van der Waals surface area contributed by atoms with Crippen molar-refractivity contribution in [2.75, 3.05) is 5.32 Å². The van der Waals surface area contributed by atoms with E-state index in [1.54, 1.807) is 6.07 Å². The van der Waals surface area contributed by atoms with Crippen LogP contribution in [0.1, 0.15) is 24.1 Å². The van der Waals surface area contributed by atoms with Gasteiger partial charge < -0.3 is 5.32 Å². The fraction of sp³-hybridized carbons (Fsp3) is 0.200. The third kappa shape index (κ3) is 3.25. The Kier molecular flexibility index (Phi) is 5.25. The molecule has 0 amide bonds. The summed E-state index contributed by atoms with van der Waals surface area (Å²) < 4.78 is 1.04. The molecule has 1 unspecified atom stereocenters. The Hall–Kier alpha value is -0.410. The highest BCUT2D eigenvalue weighted by atomic mass is 79.9. The van der Waals surface area contributed by atoms with E-state index in [9.17, 15) is 0 Å². The zero-order valence-electron chi connectivity index (χ0n) is 11.0. The van der Waals surface area contributed by atoms with Crippen molar-refractivity contribution in [2.24, 2.45) is 0 Å². The molecule has 0 spiro atoms. The van der Waals surface area contributed by atoms with Gasteiger partial charge >= 0.3 is 0 Å². The molecule has 0 radical (unpaired) electrons. The number of halogens is 4. The molecule has 0 aliphatic rings. The van der Waals surface area contributed by atoms with Gasteiger partial charge in [-0.15, -0.1) is 0 Å². The summed E-state index contributed by atoms with van der Waals surface area (Å²) in [5.74, 6) is 0. The van der Waals surface area contributed by atoms with Crippen LogP contribution in [0.15, 0.2) is 34.8 Å². The van der Waals surface area contributed by atoms with Crippen LogP contribution in [0.2, 0.25) is 15.1 Å². The Morgan fingerprint density at radius 1 is 1.05 bits per heavy atom. The van der Waals surface area contributed by atoms with Crippen LogP contribution in [-0.2, 0) is 0 Å². The van der Waals surface area contributed by atoms with Crippen molar-refractivity contribution in [3.63, 3.8) is 0 Å². The lowest BCUT2D eigenvalue weighted by molar-refractivity contribution is 0.883. The number of rotatable bonds is 3. The molecule has 5 heteroatoms. The van der Waals surface area contributed by atoms with Crippen LogP contribution >= 0.6 is 50.7 Å². The van der Waals surface area contributed by atoms with Gasteiger partial charge in [-0.2, -0.15) is 0 Å². The molecule has 2 aromatic rings. The fourth-order valence-corrected chi connectivity index (χ4v) is 3.03. The van der Waals surface area contributed by atoms with Crippen molar-refractivity contribution < 1.29 is 0 Å². The van der Waals surface area contributed by atoms with E-state index in [1.807, 2.05) is 38.1 Å². The van der Waals surface area contributed by atoms with Crippen LogP contribution in [0, 0.1) is 6.92 Å². The molecule has 2 rings (SSSR count). The number of hydrogen-bond acceptors (Lipinski definition) is 1. The lowest BCUT2D eigenvalue weighted by Crippen LogP contribution is -2.08. The summed E-state index contributed by atoms with van der Waals surface area (Å²) in [6.07, 6.45) is 0. The first-order valence-electron chi connectivity index (χ1n) is 6.07. The van der Waals surface area contributed by atoms with Crippen molar-refractivity contribution in [2.45, 2.75) is 19.9 Å². The highest BCUT2D eigenvalue weighted by molar-refractivity contribution is 9.10. The van der Waals surface area contributed by atoms with Crippen molar-refractivity contribution >= 4 is 56.4 Å². The average Bonchev–Trinajstić information content (AvgIpc) is 2.41. The minimum Gasteiger partial charge on any atom is -0.378 e. The Bertz CT molecular complexity index is 643. The van der Waals surface area contributed by atoms with Crippen LogP contribution in [0.3, 0.4) is 0 Å². The molecule has 1 atom stereocenters. The van der Waals surface area contributed by atoms with Gasteiger partial charge in [-0.1, -0.05) is 53.0 Å². The molecule has 0 saturated heterocycles. The number of benzene rings is 2. The summed E-state index contributed by atoms with van der Waals surface area (Å²) in [6.45, 7) is 4.08. The maximum Gasteiger partial charge on any atom is 0.0782 e. The first-order valence-corrected chi connectivity index (χ1v) is 7.99. The van der Waals surface area contributed by atoms with Crippen LogP contribution in [0.25, 0.3) is 0 Å². The van der Waals surface area contributed by atoms with Gasteiger partial charge in [0.05, 0.1) is 21.1 Å². The highest BCUT2D eigenvalue weighted by Gasteiger charge is 2.15. The lowest BCUT2D eigenvalue weighted by Gasteiger charge is -2.19. The second kappa shape index (κ2) is 6.57. The molecule has 0 saturated carbocycles. The molecule has 0 aliphatic heterocycles. The third-order valence-electron chi connectivity index (χ3n) is 3.10. The molecule has 0 heterocycles. The molecular weight excluding hydrogens is 380 g/mol. The van der Waals surface area contributed by atoms with Crippen molar-refractivity contribution in [1.82, 2.24) is 0 Å². The maximum absolute atomic E-state index is 6.26. The molecule has 1 N–H and O–H groups in total. The van der Waals surface area contributed by atoms with E-state index in [0.717, 1.165) is 15.7 Å². The van der Waals surface area contributed by atoms with Crippen LogP contribution < -0.4 is 5.32 Å². The van der Waals surface area contributed by atoms with E-state index in [0.29, 0.717) is 15.1 Å². The Morgan fingerprint density at radius 3 is 2.45 bits per heavy atom. The lowest BCUT2D eigenvalue weighted by atomic mass is 10.1. The molecule has 20 heavy (non-hydrogen) atoms. The van der Waals surface area contributed by atoms with Gasteiger partial charge in [0, 0.05) is 10.2 Å². The summed E-state index contributed by atoms with van der Waals surface area (Å²) in [6, 6.07) is 9.72. The summed E-state index contributed by atoms with van der Waals surface area (Å²) in [7, 11) is 0. The monoisotopic (exact) mass is 391 g/mol.